The van der Waals surface area contributed by atoms with E-state index in [-0.39, 0.29) is 22.7 Å². The van der Waals surface area contributed by atoms with Crippen molar-refractivity contribution in [2.75, 3.05) is 36.0 Å². The van der Waals surface area contributed by atoms with Gasteiger partial charge in [0.25, 0.3) is 0 Å². The maximum absolute atomic E-state index is 13.2. The van der Waals surface area contributed by atoms with Crippen LogP contribution in [0.5, 0.6) is 0 Å². The Morgan fingerprint density at radius 1 is 0.941 bits per heavy atom. The molecule has 1 unspecified atom stereocenters. The Hall–Kier alpha value is -3.19. The van der Waals surface area contributed by atoms with Crippen molar-refractivity contribution in [1.29, 1.82) is 0 Å². The monoisotopic (exact) mass is 486 g/mol. The van der Waals surface area contributed by atoms with Gasteiger partial charge in [0.2, 0.25) is 5.95 Å². The zero-order valence-electron chi connectivity index (χ0n) is 18.0. The first-order valence-corrected chi connectivity index (χ1v) is 10.6. The van der Waals surface area contributed by atoms with Gasteiger partial charge in [-0.3, -0.25) is 0 Å². The number of halogens is 6. The zero-order valence-corrected chi connectivity index (χ0v) is 18.0. The number of nitrogens with zero attached hydrogens (tertiary/aromatic N) is 8. The van der Waals surface area contributed by atoms with Crippen LogP contribution in [0.1, 0.15) is 24.4 Å². The summed E-state index contributed by atoms with van der Waals surface area (Å²) in [5, 5.41) is 4.18. The summed E-state index contributed by atoms with van der Waals surface area (Å²) in [6.45, 7) is 2.36. The van der Waals surface area contributed by atoms with Crippen LogP contribution in [-0.2, 0) is 12.7 Å². The number of aromatic nitrogens is 6. The molecule has 2 aliphatic rings. The maximum atomic E-state index is 13.2. The van der Waals surface area contributed by atoms with Crippen LogP contribution in [0, 0.1) is 12.3 Å². The van der Waals surface area contributed by atoms with E-state index in [2.05, 4.69) is 25.0 Å². The van der Waals surface area contributed by atoms with Crippen molar-refractivity contribution in [3.8, 4) is 0 Å². The molecule has 34 heavy (non-hydrogen) atoms. The summed E-state index contributed by atoms with van der Waals surface area (Å²) in [6, 6.07) is 0.970. The highest BCUT2D eigenvalue weighted by molar-refractivity contribution is 5.74. The molecular formula is C20H20F6N8. The number of hydrogen-bond acceptors (Lipinski definition) is 7. The van der Waals surface area contributed by atoms with E-state index >= 15 is 0 Å². The van der Waals surface area contributed by atoms with E-state index in [1.807, 2.05) is 9.80 Å². The van der Waals surface area contributed by atoms with Gasteiger partial charge in [-0.15, -0.1) is 0 Å². The number of rotatable bonds is 3. The van der Waals surface area contributed by atoms with Crippen molar-refractivity contribution < 1.29 is 26.3 Å². The Kier molecular flexibility index (Phi) is 5.09. The first-order valence-electron chi connectivity index (χ1n) is 10.6. The third-order valence-corrected chi connectivity index (χ3v) is 6.29. The molecule has 0 bridgehead atoms. The van der Waals surface area contributed by atoms with Gasteiger partial charge >= 0.3 is 12.4 Å². The van der Waals surface area contributed by atoms with Crippen LogP contribution in [0.2, 0.25) is 0 Å². The van der Waals surface area contributed by atoms with Gasteiger partial charge in [0, 0.05) is 43.9 Å². The van der Waals surface area contributed by atoms with Crippen LogP contribution in [0.25, 0.3) is 11.0 Å². The molecule has 2 fully saturated rings. The quantitative estimate of drug-likeness (QED) is 0.524. The Balaban J connectivity index is 1.34. The van der Waals surface area contributed by atoms with Crippen molar-refractivity contribution in [3.63, 3.8) is 0 Å². The van der Waals surface area contributed by atoms with Gasteiger partial charge in [0.1, 0.15) is 23.9 Å². The van der Waals surface area contributed by atoms with Gasteiger partial charge < -0.3 is 9.80 Å². The second-order valence-electron chi connectivity index (χ2n) is 8.87. The topological polar surface area (TPSA) is 75.9 Å². The molecule has 14 heteroatoms. The van der Waals surface area contributed by atoms with Gasteiger partial charge in [0.05, 0.1) is 11.6 Å². The maximum Gasteiger partial charge on any atom is 0.433 e. The molecule has 3 aromatic heterocycles. The van der Waals surface area contributed by atoms with E-state index < -0.39 is 24.6 Å². The Bertz CT molecular complexity index is 1220. The summed E-state index contributed by atoms with van der Waals surface area (Å²) < 4.78 is 78.9. The Morgan fingerprint density at radius 2 is 1.65 bits per heavy atom. The molecule has 3 aromatic rings. The van der Waals surface area contributed by atoms with Gasteiger partial charge in [0.15, 0.2) is 5.65 Å². The Labute approximate surface area is 189 Å². The molecular weight excluding hydrogens is 466 g/mol. The molecule has 0 amide bonds. The molecule has 0 saturated carbocycles. The van der Waals surface area contributed by atoms with E-state index in [0.29, 0.717) is 37.5 Å². The molecule has 5 heterocycles. The number of hydrogen-bond donors (Lipinski definition) is 0. The van der Waals surface area contributed by atoms with Crippen LogP contribution in [0.4, 0.5) is 38.1 Å². The number of fused-ring (bicyclic) bond motifs is 1. The third-order valence-electron chi connectivity index (χ3n) is 6.29. The van der Waals surface area contributed by atoms with Crippen LogP contribution in [-0.4, -0.2) is 62.1 Å². The SMILES string of the molecule is Cc1nc(N2CCC3(CCN(c4ncc5cnn(CC(F)(F)F)c5n4)C3)C2)cc(C(F)(F)F)n1. The van der Waals surface area contributed by atoms with Gasteiger partial charge in [-0.05, 0) is 19.8 Å². The number of alkyl halides is 6. The molecule has 5 rings (SSSR count). The average Bonchev–Trinajstić information content (AvgIpc) is 3.46. The summed E-state index contributed by atoms with van der Waals surface area (Å²) >= 11 is 0. The average molecular weight is 486 g/mol. The minimum absolute atomic E-state index is 0.0518. The summed E-state index contributed by atoms with van der Waals surface area (Å²) in [5.74, 6) is 0.601. The third kappa shape index (κ3) is 4.32. The normalized spacial score (nSPS) is 21.4. The molecule has 8 nitrogen and oxygen atoms in total. The summed E-state index contributed by atoms with van der Waals surface area (Å²) in [5.41, 5.74) is -1.07. The lowest BCUT2D eigenvalue weighted by molar-refractivity contribution is -0.142. The van der Waals surface area contributed by atoms with Gasteiger partial charge in [-0.2, -0.15) is 36.4 Å². The van der Waals surface area contributed by atoms with Crippen LogP contribution in [0.3, 0.4) is 0 Å². The van der Waals surface area contributed by atoms with Crippen LogP contribution >= 0.6 is 0 Å². The highest BCUT2D eigenvalue weighted by Gasteiger charge is 2.45. The lowest BCUT2D eigenvalue weighted by Crippen LogP contribution is -2.32. The summed E-state index contributed by atoms with van der Waals surface area (Å²) in [7, 11) is 0. The number of anilines is 2. The molecule has 2 saturated heterocycles. The minimum Gasteiger partial charge on any atom is -0.356 e. The van der Waals surface area contributed by atoms with E-state index in [4.69, 9.17) is 0 Å². The van der Waals surface area contributed by atoms with Crippen molar-refractivity contribution in [1.82, 2.24) is 29.7 Å². The fraction of sp³-hybridized carbons (Fsp3) is 0.550. The van der Waals surface area contributed by atoms with Crippen molar-refractivity contribution in [3.05, 3.63) is 30.0 Å². The predicted octanol–water partition coefficient (Wildman–Crippen LogP) is 3.61. The molecule has 0 radical (unpaired) electrons. The lowest BCUT2D eigenvalue weighted by Gasteiger charge is -2.25. The highest BCUT2D eigenvalue weighted by atomic mass is 19.4. The molecule has 0 aromatic carbocycles. The first-order chi connectivity index (χ1) is 15.9. The van der Waals surface area contributed by atoms with E-state index in [9.17, 15) is 26.3 Å². The molecule has 0 aliphatic carbocycles. The van der Waals surface area contributed by atoms with E-state index in [1.165, 1.54) is 19.3 Å². The van der Waals surface area contributed by atoms with Crippen LogP contribution in [0.15, 0.2) is 18.5 Å². The smallest absolute Gasteiger partial charge is 0.356 e. The zero-order chi connectivity index (χ0) is 24.3. The Morgan fingerprint density at radius 3 is 2.35 bits per heavy atom. The molecule has 0 N–H and O–H groups in total. The van der Waals surface area contributed by atoms with Crippen molar-refractivity contribution in [2.45, 2.75) is 38.7 Å². The van der Waals surface area contributed by atoms with E-state index in [0.717, 1.165) is 23.6 Å². The highest BCUT2D eigenvalue weighted by Crippen LogP contribution is 2.42. The van der Waals surface area contributed by atoms with Crippen molar-refractivity contribution >= 4 is 22.8 Å². The fourth-order valence-corrected chi connectivity index (χ4v) is 4.72. The molecule has 1 spiro atoms. The molecule has 2 aliphatic heterocycles. The minimum atomic E-state index is -4.56. The standard InChI is InChI=1S/C20H20F6N8/c1-12-29-14(20(24,25)26)6-15(30-12)32-4-2-18(9-32)3-5-33(10-18)17-27-7-13-8-28-34(16(13)31-17)11-19(21,22)23/h6-8H,2-5,9-11H2,1H3. The largest absolute Gasteiger partial charge is 0.433 e. The summed E-state index contributed by atoms with van der Waals surface area (Å²) in [4.78, 5) is 20.1. The second-order valence-corrected chi connectivity index (χ2v) is 8.87. The molecule has 1 atom stereocenters. The second kappa shape index (κ2) is 7.67. The number of aryl methyl sites for hydroxylation is 1. The summed E-state index contributed by atoms with van der Waals surface area (Å²) in [6.07, 6.45) is -4.75. The van der Waals surface area contributed by atoms with Crippen LogP contribution < -0.4 is 9.80 Å². The van der Waals surface area contributed by atoms with E-state index in [1.54, 1.807) is 0 Å². The van der Waals surface area contributed by atoms with Gasteiger partial charge in [-0.1, -0.05) is 0 Å². The first kappa shape index (κ1) is 22.6. The lowest BCUT2D eigenvalue weighted by atomic mass is 9.86. The van der Waals surface area contributed by atoms with Crippen molar-refractivity contribution in [2.24, 2.45) is 5.41 Å². The molecule has 182 valence electrons. The fourth-order valence-electron chi connectivity index (χ4n) is 4.72. The predicted molar refractivity (Wildman–Crippen MR) is 109 cm³/mol. The van der Waals surface area contributed by atoms with Gasteiger partial charge in [-0.25, -0.2) is 19.6 Å².